The van der Waals surface area contributed by atoms with Crippen LogP contribution >= 0.6 is 0 Å². The lowest BCUT2D eigenvalue weighted by molar-refractivity contribution is 0.409. The summed E-state index contributed by atoms with van der Waals surface area (Å²) in [6, 6.07) is 9.73. The third-order valence-electron chi connectivity index (χ3n) is 2.57. The zero-order chi connectivity index (χ0) is 11.3. The fourth-order valence-electron chi connectivity index (χ4n) is 1.72. The van der Waals surface area contributed by atoms with Gasteiger partial charge in [-0.2, -0.15) is 0 Å². The average Bonchev–Trinajstić information content (AvgIpc) is 2.16. The van der Waals surface area contributed by atoms with Crippen molar-refractivity contribution in [2.45, 2.75) is 38.5 Å². The second-order valence-corrected chi connectivity index (χ2v) is 10.8. The molecule has 1 aromatic carbocycles. The Morgan fingerprint density at radius 1 is 1.13 bits per heavy atom. The smallest absolute Gasteiger partial charge is 0.122 e. The van der Waals surface area contributed by atoms with Crippen molar-refractivity contribution in [2.75, 3.05) is 7.11 Å². The first-order valence-corrected chi connectivity index (χ1v) is 9.35. The van der Waals surface area contributed by atoms with Crippen LogP contribution in [0.15, 0.2) is 24.3 Å². The second-order valence-electron chi connectivity index (χ2n) is 5.23. The van der Waals surface area contributed by atoms with Gasteiger partial charge in [-0.15, -0.1) is 0 Å². The van der Waals surface area contributed by atoms with E-state index < -0.39 is 8.07 Å². The van der Waals surface area contributed by atoms with Crippen LogP contribution in [0.3, 0.4) is 0 Å². The van der Waals surface area contributed by atoms with Crippen molar-refractivity contribution in [1.82, 2.24) is 0 Å². The number of benzene rings is 1. The summed E-state index contributed by atoms with van der Waals surface area (Å²) in [5.74, 6) is 1.04. The van der Waals surface area contributed by atoms with E-state index in [1.54, 1.807) is 7.11 Å². The van der Waals surface area contributed by atoms with E-state index in [9.17, 15) is 0 Å². The van der Waals surface area contributed by atoms with Crippen LogP contribution in [0.1, 0.15) is 12.0 Å². The number of hydrogen-bond acceptors (Lipinski definition) is 1. The van der Waals surface area contributed by atoms with E-state index >= 15 is 0 Å². The summed E-state index contributed by atoms with van der Waals surface area (Å²) in [5, 5.41) is 0. The van der Waals surface area contributed by atoms with Crippen molar-refractivity contribution in [1.29, 1.82) is 0 Å². The molecule has 0 N–H and O–H groups in total. The van der Waals surface area contributed by atoms with Gasteiger partial charge in [-0.1, -0.05) is 50.3 Å². The zero-order valence-electron chi connectivity index (χ0n) is 10.3. The van der Waals surface area contributed by atoms with Gasteiger partial charge in [0.15, 0.2) is 0 Å². The summed E-state index contributed by atoms with van der Waals surface area (Å²) >= 11 is 0. The molecule has 0 saturated heterocycles. The molecule has 1 nitrogen and oxygen atoms in total. The van der Waals surface area contributed by atoms with E-state index in [-0.39, 0.29) is 0 Å². The molecule has 0 atom stereocenters. The Kier molecular flexibility index (Phi) is 4.39. The number of hydrogen-bond donors (Lipinski definition) is 0. The lowest BCUT2D eigenvalue weighted by Gasteiger charge is -2.15. The molecule has 0 unspecified atom stereocenters. The van der Waals surface area contributed by atoms with Crippen molar-refractivity contribution >= 4 is 8.07 Å². The first-order valence-electron chi connectivity index (χ1n) is 5.65. The normalized spacial score (nSPS) is 11.5. The first-order chi connectivity index (χ1) is 7.03. The van der Waals surface area contributed by atoms with Crippen LogP contribution in [0, 0.1) is 0 Å². The molecule has 0 amide bonds. The minimum atomic E-state index is -0.879. The van der Waals surface area contributed by atoms with Gasteiger partial charge in [0.1, 0.15) is 5.75 Å². The van der Waals surface area contributed by atoms with E-state index in [1.807, 2.05) is 12.1 Å². The summed E-state index contributed by atoms with van der Waals surface area (Å²) in [5.41, 5.74) is 1.35. The molecule has 1 aromatic rings. The molecular formula is C13H22OSi. The van der Waals surface area contributed by atoms with E-state index in [2.05, 4.69) is 31.8 Å². The molecule has 84 valence electrons. The highest BCUT2D eigenvalue weighted by molar-refractivity contribution is 6.76. The monoisotopic (exact) mass is 222 g/mol. The van der Waals surface area contributed by atoms with E-state index in [4.69, 9.17) is 4.74 Å². The topological polar surface area (TPSA) is 9.23 Å². The Morgan fingerprint density at radius 3 is 2.40 bits per heavy atom. The SMILES string of the molecule is COc1ccccc1CCC[Si](C)(C)C. The number of ether oxygens (including phenoxy) is 1. The van der Waals surface area contributed by atoms with Crippen molar-refractivity contribution in [3.8, 4) is 5.75 Å². The van der Waals surface area contributed by atoms with Crippen molar-refractivity contribution < 1.29 is 4.74 Å². The fraction of sp³-hybridized carbons (Fsp3) is 0.538. The van der Waals surface area contributed by atoms with Gasteiger partial charge in [-0.3, -0.25) is 0 Å². The fourth-order valence-corrected chi connectivity index (χ4v) is 2.96. The van der Waals surface area contributed by atoms with Gasteiger partial charge in [0.2, 0.25) is 0 Å². The molecule has 0 aliphatic heterocycles. The van der Waals surface area contributed by atoms with Gasteiger partial charge >= 0.3 is 0 Å². The van der Waals surface area contributed by atoms with Gasteiger partial charge in [0.25, 0.3) is 0 Å². The zero-order valence-corrected chi connectivity index (χ0v) is 11.3. The molecule has 2 heteroatoms. The number of rotatable bonds is 5. The predicted octanol–water partition coefficient (Wildman–Crippen LogP) is 3.97. The maximum absolute atomic E-state index is 5.34. The molecule has 0 fully saturated rings. The molecule has 1 rings (SSSR count). The molecule has 15 heavy (non-hydrogen) atoms. The predicted molar refractivity (Wildman–Crippen MR) is 69.5 cm³/mol. The van der Waals surface area contributed by atoms with Crippen molar-refractivity contribution in [3.63, 3.8) is 0 Å². The molecule has 0 spiro atoms. The Bertz CT molecular complexity index is 302. The summed E-state index contributed by atoms with van der Waals surface area (Å²) in [4.78, 5) is 0. The number of aryl methyl sites for hydroxylation is 1. The van der Waals surface area contributed by atoms with Gasteiger partial charge < -0.3 is 4.74 Å². The lowest BCUT2D eigenvalue weighted by Crippen LogP contribution is -2.18. The van der Waals surface area contributed by atoms with Crippen LogP contribution in [0.2, 0.25) is 25.7 Å². The van der Waals surface area contributed by atoms with E-state index in [1.165, 1.54) is 18.0 Å². The minimum absolute atomic E-state index is 0.879. The maximum atomic E-state index is 5.34. The summed E-state index contributed by atoms with van der Waals surface area (Å²) in [6.45, 7) is 7.28. The van der Waals surface area contributed by atoms with E-state index in [0.717, 1.165) is 12.2 Å². The highest BCUT2D eigenvalue weighted by Crippen LogP contribution is 2.21. The summed E-state index contributed by atoms with van der Waals surface area (Å²) in [7, 11) is 0.868. The van der Waals surface area contributed by atoms with Gasteiger partial charge in [0.05, 0.1) is 7.11 Å². The van der Waals surface area contributed by atoms with Crippen LogP contribution < -0.4 is 4.74 Å². The quantitative estimate of drug-likeness (QED) is 0.685. The maximum Gasteiger partial charge on any atom is 0.122 e. The Morgan fingerprint density at radius 2 is 1.80 bits per heavy atom. The number of para-hydroxylation sites is 1. The first kappa shape index (κ1) is 12.3. The molecule has 0 aliphatic rings. The molecule has 0 bridgehead atoms. The molecule has 0 heterocycles. The summed E-state index contributed by atoms with van der Waals surface area (Å²) in [6.07, 6.45) is 2.43. The third kappa shape index (κ3) is 4.52. The molecular weight excluding hydrogens is 200 g/mol. The van der Waals surface area contributed by atoms with Gasteiger partial charge in [0, 0.05) is 8.07 Å². The van der Waals surface area contributed by atoms with Crippen LogP contribution in [0.5, 0.6) is 5.75 Å². The third-order valence-corrected chi connectivity index (χ3v) is 4.42. The second kappa shape index (κ2) is 5.36. The van der Waals surface area contributed by atoms with Gasteiger partial charge in [-0.25, -0.2) is 0 Å². The molecule has 0 aliphatic carbocycles. The van der Waals surface area contributed by atoms with Crippen LogP contribution in [-0.2, 0) is 6.42 Å². The summed E-state index contributed by atoms with van der Waals surface area (Å²) < 4.78 is 5.34. The largest absolute Gasteiger partial charge is 0.496 e. The Hall–Kier alpha value is -0.763. The van der Waals surface area contributed by atoms with Gasteiger partial charge in [-0.05, 0) is 18.1 Å². The molecule has 0 saturated carbocycles. The molecule has 0 aromatic heterocycles. The van der Waals surface area contributed by atoms with Crippen molar-refractivity contribution in [3.05, 3.63) is 29.8 Å². The van der Waals surface area contributed by atoms with Crippen LogP contribution in [0.4, 0.5) is 0 Å². The Labute approximate surface area is 94.5 Å². The lowest BCUT2D eigenvalue weighted by atomic mass is 10.1. The Balaban J connectivity index is 2.50. The van der Waals surface area contributed by atoms with Crippen LogP contribution in [-0.4, -0.2) is 15.2 Å². The highest BCUT2D eigenvalue weighted by Gasteiger charge is 2.12. The van der Waals surface area contributed by atoms with E-state index in [0.29, 0.717) is 0 Å². The highest BCUT2D eigenvalue weighted by atomic mass is 28.3. The standard InChI is InChI=1S/C13H22OSi/c1-14-13-10-6-5-8-12(13)9-7-11-15(2,3)4/h5-6,8,10H,7,9,11H2,1-4H3. The average molecular weight is 222 g/mol. The van der Waals surface area contributed by atoms with Crippen molar-refractivity contribution in [2.24, 2.45) is 0 Å². The van der Waals surface area contributed by atoms with Crippen LogP contribution in [0.25, 0.3) is 0 Å². The molecule has 0 radical (unpaired) electrons. The minimum Gasteiger partial charge on any atom is -0.496 e. The number of methoxy groups -OCH3 is 1.